The quantitative estimate of drug-likeness (QED) is 0.701. The van der Waals surface area contributed by atoms with Crippen molar-refractivity contribution in [1.29, 1.82) is 0 Å². The van der Waals surface area contributed by atoms with Crippen LogP contribution in [0.25, 0.3) is 0 Å². The summed E-state index contributed by atoms with van der Waals surface area (Å²) in [7, 11) is 0. The molecule has 2 aliphatic heterocycles. The highest BCUT2D eigenvalue weighted by molar-refractivity contribution is 6.07. The minimum atomic E-state index is -0.625. The maximum atomic E-state index is 13.6. The van der Waals surface area contributed by atoms with Gasteiger partial charge in [0.2, 0.25) is 17.7 Å². The first-order chi connectivity index (χ1) is 15.5. The second-order valence-corrected chi connectivity index (χ2v) is 8.80. The van der Waals surface area contributed by atoms with E-state index in [-0.39, 0.29) is 23.6 Å². The summed E-state index contributed by atoms with van der Waals surface area (Å²) in [5.41, 5.74) is 3.85. The van der Waals surface area contributed by atoms with Crippen LogP contribution in [-0.2, 0) is 33.8 Å². The number of hydrogen-bond acceptors (Lipinski definition) is 4. The van der Waals surface area contributed by atoms with Crippen LogP contribution in [0, 0.1) is 5.92 Å². The second-order valence-electron chi connectivity index (χ2n) is 8.80. The summed E-state index contributed by atoms with van der Waals surface area (Å²) in [6.45, 7) is 4.45. The number of aryl methyl sites for hydroxylation is 1. The predicted molar refractivity (Wildman–Crippen MR) is 122 cm³/mol. The molecule has 1 aromatic heterocycles. The molecule has 2 aliphatic rings. The van der Waals surface area contributed by atoms with Gasteiger partial charge in [-0.15, -0.1) is 0 Å². The molecular weight excluding hydrogens is 404 g/mol. The Morgan fingerprint density at radius 2 is 1.94 bits per heavy atom. The van der Waals surface area contributed by atoms with Crippen molar-refractivity contribution < 1.29 is 14.4 Å². The number of pyridine rings is 1. The van der Waals surface area contributed by atoms with Crippen molar-refractivity contribution in [2.24, 2.45) is 5.92 Å². The van der Waals surface area contributed by atoms with E-state index in [9.17, 15) is 14.4 Å². The number of benzene rings is 1. The van der Waals surface area contributed by atoms with Crippen LogP contribution < -0.4 is 15.5 Å². The zero-order valence-corrected chi connectivity index (χ0v) is 18.6. The molecule has 3 atom stereocenters. The largest absolute Gasteiger partial charge is 0.350 e. The molecule has 0 fully saturated rings. The summed E-state index contributed by atoms with van der Waals surface area (Å²) in [4.78, 5) is 44.9. The number of hydrogen-bond donors (Lipinski definition) is 2. The van der Waals surface area contributed by atoms with Gasteiger partial charge in [0.25, 0.3) is 0 Å². The number of rotatable bonds is 7. The Balaban J connectivity index is 1.54. The van der Waals surface area contributed by atoms with E-state index in [1.165, 1.54) is 0 Å². The standard InChI is InChI=1S/C25H30N4O3/c1-3-16(2)13-22(30)28-20-8-7-18-5-4-6-19-14-21(29(23(18)19)25(20)32)24(31)27-15-17-9-11-26-12-10-17/h4-6,9-12,16,20-21H,3,7-8,13-15H2,1-2H3,(H,27,31)(H,28,30). The van der Waals surface area contributed by atoms with E-state index >= 15 is 0 Å². The van der Waals surface area contributed by atoms with Crippen LogP contribution in [0.4, 0.5) is 5.69 Å². The van der Waals surface area contributed by atoms with Gasteiger partial charge in [0.1, 0.15) is 12.1 Å². The van der Waals surface area contributed by atoms with Crippen molar-refractivity contribution in [2.75, 3.05) is 4.90 Å². The highest BCUT2D eigenvalue weighted by Gasteiger charge is 2.43. The monoisotopic (exact) mass is 434 g/mol. The van der Waals surface area contributed by atoms with Crippen molar-refractivity contribution >= 4 is 23.4 Å². The van der Waals surface area contributed by atoms with Crippen LogP contribution in [0.15, 0.2) is 42.7 Å². The number of anilines is 1. The lowest BCUT2D eigenvalue weighted by Gasteiger charge is -2.28. The van der Waals surface area contributed by atoms with Crippen LogP contribution >= 0.6 is 0 Å². The molecule has 0 spiro atoms. The molecule has 32 heavy (non-hydrogen) atoms. The van der Waals surface area contributed by atoms with Gasteiger partial charge in [-0.2, -0.15) is 0 Å². The first kappa shape index (κ1) is 22.0. The number of carbonyl (C=O) groups excluding carboxylic acids is 3. The Bertz CT molecular complexity index is 1010. The molecular formula is C25H30N4O3. The van der Waals surface area contributed by atoms with Crippen molar-refractivity contribution in [3.8, 4) is 0 Å². The van der Waals surface area contributed by atoms with Gasteiger partial charge in [0, 0.05) is 31.8 Å². The lowest BCUT2D eigenvalue weighted by atomic mass is 10.0. The predicted octanol–water partition coefficient (Wildman–Crippen LogP) is 2.52. The first-order valence-electron chi connectivity index (χ1n) is 11.4. The number of carbonyl (C=O) groups is 3. The van der Waals surface area contributed by atoms with Gasteiger partial charge in [-0.1, -0.05) is 38.5 Å². The lowest BCUT2D eigenvalue weighted by Crippen LogP contribution is -2.54. The van der Waals surface area contributed by atoms with Gasteiger partial charge < -0.3 is 10.6 Å². The fourth-order valence-electron chi connectivity index (χ4n) is 4.50. The van der Waals surface area contributed by atoms with Crippen molar-refractivity contribution in [2.45, 2.75) is 64.6 Å². The van der Waals surface area contributed by atoms with Gasteiger partial charge >= 0.3 is 0 Å². The summed E-state index contributed by atoms with van der Waals surface area (Å²) in [6.07, 6.45) is 6.37. The number of amides is 3. The number of nitrogens with zero attached hydrogens (tertiary/aromatic N) is 2. The Morgan fingerprint density at radius 3 is 2.69 bits per heavy atom. The van der Waals surface area contributed by atoms with Crippen LogP contribution in [0.2, 0.25) is 0 Å². The van der Waals surface area contributed by atoms with Crippen LogP contribution in [0.1, 0.15) is 49.8 Å². The number of aromatic nitrogens is 1. The third-order valence-corrected chi connectivity index (χ3v) is 6.49. The molecule has 3 amide bonds. The Morgan fingerprint density at radius 1 is 1.19 bits per heavy atom. The van der Waals surface area contributed by atoms with E-state index in [1.54, 1.807) is 17.3 Å². The fraction of sp³-hybridized carbons (Fsp3) is 0.440. The van der Waals surface area contributed by atoms with E-state index in [0.717, 1.165) is 28.8 Å². The maximum absolute atomic E-state index is 13.6. The summed E-state index contributed by atoms with van der Waals surface area (Å²) in [5.74, 6) is -0.237. The first-order valence-corrected chi connectivity index (χ1v) is 11.4. The maximum Gasteiger partial charge on any atom is 0.250 e. The van der Waals surface area contributed by atoms with Crippen LogP contribution in [0.5, 0.6) is 0 Å². The number of nitrogens with one attached hydrogen (secondary N) is 2. The van der Waals surface area contributed by atoms with Gasteiger partial charge in [0.15, 0.2) is 0 Å². The molecule has 7 heteroatoms. The Kier molecular flexibility index (Phi) is 6.53. The van der Waals surface area contributed by atoms with Crippen LogP contribution in [0.3, 0.4) is 0 Å². The van der Waals surface area contributed by atoms with Gasteiger partial charge in [-0.3, -0.25) is 24.3 Å². The summed E-state index contributed by atoms with van der Waals surface area (Å²) >= 11 is 0. The Hall–Kier alpha value is -3.22. The lowest BCUT2D eigenvalue weighted by molar-refractivity contribution is -0.129. The minimum absolute atomic E-state index is 0.109. The molecule has 0 saturated heterocycles. The van der Waals surface area contributed by atoms with E-state index in [2.05, 4.69) is 15.6 Å². The molecule has 168 valence electrons. The average Bonchev–Trinajstić information content (AvgIpc) is 3.14. The summed E-state index contributed by atoms with van der Waals surface area (Å²) < 4.78 is 0. The molecule has 0 aliphatic carbocycles. The van der Waals surface area contributed by atoms with Gasteiger partial charge in [0.05, 0.1) is 5.69 Å². The highest BCUT2D eigenvalue weighted by Crippen LogP contribution is 2.39. The van der Waals surface area contributed by atoms with E-state index < -0.39 is 12.1 Å². The minimum Gasteiger partial charge on any atom is -0.350 e. The molecule has 0 bridgehead atoms. The van der Waals surface area contributed by atoms with Gasteiger partial charge in [-0.25, -0.2) is 0 Å². The Labute approximate surface area is 188 Å². The molecule has 7 nitrogen and oxygen atoms in total. The highest BCUT2D eigenvalue weighted by atomic mass is 16.2. The average molecular weight is 435 g/mol. The molecule has 0 radical (unpaired) electrons. The number of para-hydroxylation sites is 1. The second kappa shape index (κ2) is 9.51. The fourth-order valence-corrected chi connectivity index (χ4v) is 4.50. The van der Waals surface area contributed by atoms with Gasteiger partial charge in [-0.05, 0) is 47.6 Å². The molecule has 0 saturated carbocycles. The zero-order chi connectivity index (χ0) is 22.7. The SMILES string of the molecule is CCC(C)CC(=O)NC1CCc2cccc3c2N(C1=O)C(C(=O)NCc1ccncc1)C3. The van der Waals surface area contributed by atoms with Crippen molar-refractivity contribution in [3.63, 3.8) is 0 Å². The summed E-state index contributed by atoms with van der Waals surface area (Å²) in [6, 6.07) is 8.43. The molecule has 4 rings (SSSR count). The topological polar surface area (TPSA) is 91.4 Å². The molecule has 2 N–H and O–H groups in total. The molecule has 1 aromatic carbocycles. The van der Waals surface area contributed by atoms with Crippen molar-refractivity contribution in [3.05, 3.63) is 59.4 Å². The third-order valence-electron chi connectivity index (χ3n) is 6.49. The molecule has 3 heterocycles. The normalized spacial score (nSPS) is 20.3. The molecule has 3 unspecified atom stereocenters. The smallest absolute Gasteiger partial charge is 0.250 e. The van der Waals surface area contributed by atoms with E-state index in [1.807, 2.05) is 44.2 Å². The van der Waals surface area contributed by atoms with Crippen LogP contribution in [-0.4, -0.2) is 34.8 Å². The third kappa shape index (κ3) is 4.52. The van der Waals surface area contributed by atoms with E-state index in [4.69, 9.17) is 0 Å². The zero-order valence-electron chi connectivity index (χ0n) is 18.6. The van der Waals surface area contributed by atoms with Crippen molar-refractivity contribution in [1.82, 2.24) is 15.6 Å². The van der Waals surface area contributed by atoms with E-state index in [0.29, 0.717) is 32.2 Å². The molecule has 2 aromatic rings. The summed E-state index contributed by atoms with van der Waals surface area (Å²) in [5, 5.41) is 5.91.